The third-order valence-electron chi connectivity index (χ3n) is 4.01. The standard InChI is InChI=1S/C19H14N4O3S/c24-16(21-19-20-15(11-27-19)12-6-2-1-3-7-12)10-23-18(26)14-9-5-4-8-13(14)17(25)22-23/h1-9,11H,10H2,(H,22,25)(H,20,21,24). The third-order valence-corrected chi connectivity index (χ3v) is 4.76. The zero-order valence-corrected chi connectivity index (χ0v) is 14.8. The molecule has 0 fully saturated rings. The molecule has 134 valence electrons. The van der Waals surface area contributed by atoms with Crippen molar-refractivity contribution in [1.29, 1.82) is 0 Å². The van der Waals surface area contributed by atoms with Crippen LogP contribution in [0.5, 0.6) is 0 Å². The predicted molar refractivity (Wildman–Crippen MR) is 105 cm³/mol. The molecule has 2 N–H and O–H groups in total. The molecular weight excluding hydrogens is 364 g/mol. The molecule has 27 heavy (non-hydrogen) atoms. The number of anilines is 1. The van der Waals surface area contributed by atoms with Crippen LogP contribution in [0.2, 0.25) is 0 Å². The first kappa shape index (κ1) is 16.9. The largest absolute Gasteiger partial charge is 0.300 e. The highest BCUT2D eigenvalue weighted by atomic mass is 32.1. The fourth-order valence-corrected chi connectivity index (χ4v) is 3.47. The number of amides is 1. The first-order valence-electron chi connectivity index (χ1n) is 8.14. The lowest BCUT2D eigenvalue weighted by Gasteiger charge is -2.06. The van der Waals surface area contributed by atoms with Gasteiger partial charge in [0.15, 0.2) is 5.13 Å². The van der Waals surface area contributed by atoms with Gasteiger partial charge in [-0.1, -0.05) is 42.5 Å². The van der Waals surface area contributed by atoms with E-state index in [4.69, 9.17) is 0 Å². The summed E-state index contributed by atoms with van der Waals surface area (Å²) in [6.07, 6.45) is 0. The van der Waals surface area contributed by atoms with Crippen molar-refractivity contribution >= 4 is 33.1 Å². The molecule has 2 heterocycles. The van der Waals surface area contributed by atoms with E-state index in [2.05, 4.69) is 15.4 Å². The molecule has 2 aromatic carbocycles. The van der Waals surface area contributed by atoms with Gasteiger partial charge in [-0.3, -0.25) is 19.5 Å². The molecule has 0 saturated heterocycles. The summed E-state index contributed by atoms with van der Waals surface area (Å²) < 4.78 is 1.01. The summed E-state index contributed by atoms with van der Waals surface area (Å²) in [7, 11) is 0. The van der Waals surface area contributed by atoms with Gasteiger partial charge in [0.25, 0.3) is 11.1 Å². The Labute approximate surface area is 156 Å². The molecule has 1 amide bonds. The normalized spacial score (nSPS) is 10.8. The van der Waals surface area contributed by atoms with Crippen molar-refractivity contribution < 1.29 is 4.79 Å². The number of thiazole rings is 1. The van der Waals surface area contributed by atoms with E-state index < -0.39 is 17.0 Å². The van der Waals surface area contributed by atoms with E-state index in [1.165, 1.54) is 11.3 Å². The second kappa shape index (κ2) is 7.00. The van der Waals surface area contributed by atoms with Crippen LogP contribution < -0.4 is 16.4 Å². The van der Waals surface area contributed by atoms with E-state index in [0.29, 0.717) is 10.5 Å². The zero-order chi connectivity index (χ0) is 18.8. The van der Waals surface area contributed by atoms with Gasteiger partial charge in [-0.05, 0) is 12.1 Å². The summed E-state index contributed by atoms with van der Waals surface area (Å²) in [5.41, 5.74) is 0.861. The van der Waals surface area contributed by atoms with Crippen LogP contribution in [0.3, 0.4) is 0 Å². The smallest absolute Gasteiger partial charge is 0.273 e. The number of H-pyrrole nitrogens is 1. The minimum Gasteiger partial charge on any atom is -0.300 e. The third kappa shape index (κ3) is 3.42. The number of nitrogens with one attached hydrogen (secondary N) is 2. The van der Waals surface area contributed by atoms with E-state index >= 15 is 0 Å². The average molecular weight is 378 g/mol. The van der Waals surface area contributed by atoms with Crippen molar-refractivity contribution in [3.63, 3.8) is 0 Å². The van der Waals surface area contributed by atoms with E-state index in [-0.39, 0.29) is 11.9 Å². The molecule has 0 bridgehead atoms. The highest BCUT2D eigenvalue weighted by Crippen LogP contribution is 2.24. The van der Waals surface area contributed by atoms with Gasteiger partial charge in [-0.25, -0.2) is 9.67 Å². The van der Waals surface area contributed by atoms with Gasteiger partial charge >= 0.3 is 0 Å². The van der Waals surface area contributed by atoms with Gasteiger partial charge in [0, 0.05) is 10.9 Å². The van der Waals surface area contributed by atoms with E-state index in [1.807, 2.05) is 35.7 Å². The van der Waals surface area contributed by atoms with Crippen molar-refractivity contribution in [3.05, 3.63) is 80.7 Å². The van der Waals surface area contributed by atoms with Crippen LogP contribution in [0, 0.1) is 0 Å². The van der Waals surface area contributed by atoms with E-state index in [0.717, 1.165) is 15.9 Å². The fraction of sp³-hybridized carbons (Fsp3) is 0.0526. The Balaban J connectivity index is 1.55. The number of hydrogen-bond donors (Lipinski definition) is 2. The molecule has 0 unspecified atom stereocenters. The van der Waals surface area contributed by atoms with Crippen LogP contribution in [0.15, 0.2) is 69.6 Å². The Bertz CT molecular complexity index is 1240. The number of nitrogens with zero attached hydrogens (tertiary/aromatic N) is 2. The number of fused-ring (bicyclic) bond motifs is 1. The average Bonchev–Trinajstić information content (AvgIpc) is 3.15. The van der Waals surface area contributed by atoms with E-state index in [1.54, 1.807) is 24.3 Å². The highest BCUT2D eigenvalue weighted by Gasteiger charge is 2.12. The zero-order valence-electron chi connectivity index (χ0n) is 14.0. The molecule has 4 rings (SSSR count). The highest BCUT2D eigenvalue weighted by molar-refractivity contribution is 7.14. The minimum absolute atomic E-state index is 0.273. The molecule has 0 aliphatic carbocycles. The monoisotopic (exact) mass is 378 g/mol. The number of benzene rings is 2. The number of carbonyl (C=O) groups excluding carboxylic acids is 1. The summed E-state index contributed by atoms with van der Waals surface area (Å²) in [5, 5.41) is 7.94. The Morgan fingerprint density at radius 3 is 2.52 bits per heavy atom. The summed E-state index contributed by atoms with van der Waals surface area (Å²) in [5.74, 6) is -0.447. The number of carbonyl (C=O) groups is 1. The van der Waals surface area contributed by atoms with Gasteiger partial charge in [-0.15, -0.1) is 11.3 Å². The summed E-state index contributed by atoms with van der Waals surface area (Å²) in [4.78, 5) is 41.2. The van der Waals surface area contributed by atoms with Crippen LogP contribution in [-0.4, -0.2) is 20.7 Å². The predicted octanol–water partition coefficient (Wildman–Crippen LogP) is 2.45. The van der Waals surface area contributed by atoms with Crippen LogP contribution >= 0.6 is 11.3 Å². The second-order valence-electron chi connectivity index (χ2n) is 5.83. The van der Waals surface area contributed by atoms with Gasteiger partial charge in [0.1, 0.15) is 6.54 Å². The Morgan fingerprint density at radius 1 is 1.04 bits per heavy atom. The molecule has 8 heteroatoms. The van der Waals surface area contributed by atoms with Crippen LogP contribution in [0.25, 0.3) is 22.0 Å². The molecule has 7 nitrogen and oxygen atoms in total. The van der Waals surface area contributed by atoms with Gasteiger partial charge in [-0.2, -0.15) is 0 Å². The number of aromatic amines is 1. The maximum absolute atomic E-state index is 12.5. The quantitative estimate of drug-likeness (QED) is 0.570. The number of hydrogen-bond acceptors (Lipinski definition) is 5. The second-order valence-corrected chi connectivity index (χ2v) is 6.69. The maximum atomic E-state index is 12.5. The fourth-order valence-electron chi connectivity index (χ4n) is 2.73. The maximum Gasteiger partial charge on any atom is 0.273 e. The Hall–Kier alpha value is -3.52. The first-order valence-corrected chi connectivity index (χ1v) is 9.02. The van der Waals surface area contributed by atoms with Gasteiger partial charge in [0.2, 0.25) is 5.91 Å². The molecule has 4 aromatic rings. The van der Waals surface area contributed by atoms with Gasteiger partial charge < -0.3 is 5.32 Å². The van der Waals surface area contributed by atoms with Crippen LogP contribution in [0.4, 0.5) is 5.13 Å². The van der Waals surface area contributed by atoms with Crippen molar-refractivity contribution in [1.82, 2.24) is 14.8 Å². The van der Waals surface area contributed by atoms with Crippen molar-refractivity contribution in [3.8, 4) is 11.3 Å². The lowest BCUT2D eigenvalue weighted by molar-refractivity contribution is -0.117. The molecule has 0 radical (unpaired) electrons. The molecule has 0 saturated carbocycles. The molecular formula is C19H14N4O3S. The summed E-state index contributed by atoms with van der Waals surface area (Å²) >= 11 is 1.29. The molecule has 0 spiro atoms. The molecule has 0 atom stereocenters. The van der Waals surface area contributed by atoms with Crippen LogP contribution in [-0.2, 0) is 11.3 Å². The lowest BCUT2D eigenvalue weighted by Crippen LogP contribution is -2.34. The number of aromatic nitrogens is 3. The topological polar surface area (TPSA) is 96.9 Å². The lowest BCUT2D eigenvalue weighted by atomic mass is 10.2. The van der Waals surface area contributed by atoms with Crippen LogP contribution in [0.1, 0.15) is 0 Å². The molecule has 2 aromatic heterocycles. The van der Waals surface area contributed by atoms with Gasteiger partial charge in [0.05, 0.1) is 16.5 Å². The molecule has 0 aliphatic rings. The summed E-state index contributed by atoms with van der Waals surface area (Å²) in [6, 6.07) is 16.1. The summed E-state index contributed by atoms with van der Waals surface area (Å²) in [6.45, 7) is -0.306. The molecule has 0 aliphatic heterocycles. The first-order chi connectivity index (χ1) is 13.1. The van der Waals surface area contributed by atoms with Crippen molar-refractivity contribution in [2.75, 3.05) is 5.32 Å². The Kier molecular flexibility index (Phi) is 4.39. The van der Waals surface area contributed by atoms with Crippen molar-refractivity contribution in [2.45, 2.75) is 6.54 Å². The van der Waals surface area contributed by atoms with Crippen molar-refractivity contribution in [2.24, 2.45) is 0 Å². The SMILES string of the molecule is O=C(Cn1[nH]c(=O)c2ccccc2c1=O)Nc1nc(-c2ccccc2)cs1. The Morgan fingerprint density at radius 2 is 1.74 bits per heavy atom. The number of rotatable bonds is 4. The minimum atomic E-state index is -0.447. The van der Waals surface area contributed by atoms with E-state index in [9.17, 15) is 14.4 Å².